The SMILES string of the molecule is CC1(C)c2ccccc2-c2cc3c(-c4cc5ccccc5c5ccccc45)c4ccccc4c(-c4ccc(-c5nc6ccccn6c5-c5ccccc5)cc4)c3cc21.CC1(C)c2ccccc2-c2ccc(-c3c4ccccc4c(-c4ccc(-c5nc6ccccn6c5-c5ccccc5)cc4)c4cc5c(cc34)-c3ccccc3C5(C)C)cc21. The van der Waals surface area contributed by atoms with E-state index < -0.39 is 0 Å². The lowest BCUT2D eigenvalue weighted by molar-refractivity contribution is 0.660. The third-order valence-corrected chi connectivity index (χ3v) is 26.4. The number of imidazole rings is 2. The van der Waals surface area contributed by atoms with Crippen molar-refractivity contribution in [2.45, 2.75) is 57.8 Å². The average molecular weight is 1490 g/mol. The second kappa shape index (κ2) is 25.8. The Kier molecular flexibility index (Phi) is 15.1. The van der Waals surface area contributed by atoms with Gasteiger partial charge in [0.25, 0.3) is 0 Å². The van der Waals surface area contributed by atoms with Crippen LogP contribution in [0.2, 0.25) is 0 Å². The van der Waals surface area contributed by atoms with Crippen LogP contribution in [-0.2, 0) is 16.2 Å². The van der Waals surface area contributed by atoms with E-state index in [2.05, 4.69) is 427 Å². The van der Waals surface area contributed by atoms with E-state index in [1.807, 2.05) is 0 Å². The van der Waals surface area contributed by atoms with Gasteiger partial charge >= 0.3 is 0 Å². The first kappa shape index (κ1) is 68.3. The number of hydrogen-bond acceptors (Lipinski definition) is 2. The minimum atomic E-state index is -0.139. The fourth-order valence-corrected chi connectivity index (χ4v) is 20.8. The van der Waals surface area contributed by atoms with Crippen molar-refractivity contribution in [1.82, 2.24) is 18.8 Å². The summed E-state index contributed by atoms with van der Waals surface area (Å²) in [6.45, 7) is 14.3. The quantitative estimate of drug-likeness (QED) is 0.112. The van der Waals surface area contributed by atoms with Gasteiger partial charge in [0.2, 0.25) is 0 Å². The van der Waals surface area contributed by atoms with Crippen molar-refractivity contribution < 1.29 is 0 Å². The highest BCUT2D eigenvalue weighted by Crippen LogP contribution is 2.58. The van der Waals surface area contributed by atoms with E-state index in [0.717, 1.165) is 56.3 Å². The summed E-state index contributed by atoms with van der Waals surface area (Å²) in [6, 6.07) is 135. The summed E-state index contributed by atoms with van der Waals surface area (Å²) in [6.07, 6.45) is 4.22. The molecule has 4 aromatic heterocycles. The van der Waals surface area contributed by atoms with Gasteiger partial charge in [0.05, 0.1) is 22.8 Å². The Bertz CT molecular complexity index is 7740. The number of aromatic nitrogens is 4. The number of nitrogens with zero attached hydrogens (tertiary/aromatic N) is 4. The summed E-state index contributed by atoms with van der Waals surface area (Å²) in [7, 11) is 0. The van der Waals surface area contributed by atoms with Crippen molar-refractivity contribution >= 4 is 75.9 Å². The van der Waals surface area contributed by atoms with Crippen molar-refractivity contribution in [3.8, 4) is 123 Å². The van der Waals surface area contributed by atoms with Crippen LogP contribution in [0.25, 0.3) is 199 Å². The zero-order valence-electron chi connectivity index (χ0n) is 66.1. The van der Waals surface area contributed by atoms with E-state index in [9.17, 15) is 0 Å². The lowest BCUT2D eigenvalue weighted by atomic mass is 9.78. The molecular weight excluding hydrogens is 1410 g/mol. The number of benzene rings is 17. The molecule has 21 aromatic rings. The highest BCUT2D eigenvalue weighted by atomic mass is 15.0. The second-order valence-electron chi connectivity index (χ2n) is 33.8. The predicted octanol–water partition coefficient (Wildman–Crippen LogP) is 29.8. The van der Waals surface area contributed by atoms with Gasteiger partial charge in [-0.05, 0) is 237 Å². The maximum Gasteiger partial charge on any atom is 0.137 e. The van der Waals surface area contributed by atoms with E-state index in [0.29, 0.717) is 0 Å². The lowest BCUT2D eigenvalue weighted by Gasteiger charge is -2.25. The molecule has 17 aromatic carbocycles. The van der Waals surface area contributed by atoms with Gasteiger partial charge in [-0.1, -0.05) is 345 Å². The fourth-order valence-electron chi connectivity index (χ4n) is 20.8. The molecule has 0 radical (unpaired) electrons. The van der Waals surface area contributed by atoms with Gasteiger partial charge in [-0.15, -0.1) is 0 Å². The predicted molar refractivity (Wildman–Crippen MR) is 492 cm³/mol. The van der Waals surface area contributed by atoms with Crippen molar-refractivity contribution in [1.29, 1.82) is 0 Å². The molecule has 3 aliphatic rings. The Labute approximate surface area is 680 Å². The first-order chi connectivity index (χ1) is 57.3. The minimum absolute atomic E-state index is 0.0965. The number of hydrogen-bond donors (Lipinski definition) is 0. The summed E-state index contributed by atoms with van der Waals surface area (Å²) >= 11 is 0. The molecule has 0 saturated carbocycles. The monoisotopic (exact) mass is 1490 g/mol. The van der Waals surface area contributed by atoms with Crippen LogP contribution in [0.15, 0.2) is 376 Å². The maximum absolute atomic E-state index is 5.19. The molecule has 4 heteroatoms. The molecule has 0 spiro atoms. The smallest absolute Gasteiger partial charge is 0.137 e. The normalized spacial score (nSPS) is 13.8. The first-order valence-corrected chi connectivity index (χ1v) is 41.0. The van der Waals surface area contributed by atoms with Crippen LogP contribution < -0.4 is 0 Å². The number of rotatable bonds is 8. The molecule has 552 valence electrons. The molecule has 0 unspecified atom stereocenters. The van der Waals surface area contributed by atoms with Crippen molar-refractivity contribution in [2.75, 3.05) is 0 Å². The zero-order valence-corrected chi connectivity index (χ0v) is 66.1. The zero-order chi connectivity index (χ0) is 78.2. The van der Waals surface area contributed by atoms with E-state index in [-0.39, 0.29) is 16.2 Å². The van der Waals surface area contributed by atoms with Crippen molar-refractivity contribution in [3.63, 3.8) is 0 Å². The lowest BCUT2D eigenvalue weighted by Crippen LogP contribution is -2.15. The Morgan fingerprint density at radius 3 is 1.01 bits per heavy atom. The standard InChI is InChI=1S/C57H42N2.C56H38N2/c1-56(2)47-22-12-10-18-39(47)41-30-29-38(32-49(41)56)53-43-21-9-8-20-42(43)52(46-34-50-44(33-45(46)53)40-19-11-13-23-48(40)57(50,3)4)35-25-27-36(28-26-35)54-55(37-16-6-5-7-17-37)59-31-15-14-24-51(59)58-54;1-56(2)49-25-13-12-22-42(49)45-33-47-48(34-50(45)56)52(35-27-29-36(30-28-35)54-55(37-16-4-3-5-17-37)58-31-15-14-26-51(58)57-54)43-23-10-11-24-44(43)53(47)46-32-38-18-6-7-19-39(38)40-20-8-9-21-41(40)46/h5-34H,1-4H3;3-34H,1-2H3. The third-order valence-electron chi connectivity index (χ3n) is 26.4. The molecule has 24 rings (SSSR count). The first-order valence-electron chi connectivity index (χ1n) is 41.0. The molecule has 0 N–H and O–H groups in total. The molecule has 117 heavy (non-hydrogen) atoms. The molecule has 0 amide bonds. The van der Waals surface area contributed by atoms with Gasteiger partial charge < -0.3 is 0 Å². The molecule has 0 fully saturated rings. The summed E-state index contributed by atoms with van der Waals surface area (Å²) in [4.78, 5) is 10.4. The fraction of sp³-hybridized carbons (Fsp3) is 0.0796. The highest BCUT2D eigenvalue weighted by molar-refractivity contribution is 6.27. The minimum Gasteiger partial charge on any atom is -0.299 e. The van der Waals surface area contributed by atoms with E-state index >= 15 is 0 Å². The van der Waals surface area contributed by atoms with E-state index in [4.69, 9.17) is 9.97 Å². The van der Waals surface area contributed by atoms with Gasteiger partial charge in [0.15, 0.2) is 0 Å². The van der Waals surface area contributed by atoms with Gasteiger partial charge in [0.1, 0.15) is 11.3 Å². The van der Waals surface area contributed by atoms with Gasteiger partial charge in [-0.25, -0.2) is 9.97 Å². The van der Waals surface area contributed by atoms with Crippen LogP contribution in [0.3, 0.4) is 0 Å². The van der Waals surface area contributed by atoms with Crippen molar-refractivity contribution in [3.05, 3.63) is 410 Å². The molecule has 0 atom stereocenters. The highest BCUT2D eigenvalue weighted by Gasteiger charge is 2.40. The van der Waals surface area contributed by atoms with Gasteiger partial charge in [-0.2, -0.15) is 0 Å². The number of fused-ring (bicyclic) bond motifs is 18. The molecular formula is C113H80N4. The van der Waals surface area contributed by atoms with Crippen LogP contribution in [0.4, 0.5) is 0 Å². The summed E-state index contributed by atoms with van der Waals surface area (Å²) in [5.41, 5.74) is 36.6. The molecule has 0 saturated heterocycles. The van der Waals surface area contributed by atoms with Crippen LogP contribution >= 0.6 is 0 Å². The van der Waals surface area contributed by atoms with Crippen LogP contribution in [-0.4, -0.2) is 18.8 Å². The molecule has 4 nitrogen and oxygen atoms in total. The van der Waals surface area contributed by atoms with Gasteiger partial charge in [-0.3, -0.25) is 8.80 Å². The Morgan fingerprint density at radius 1 is 0.197 bits per heavy atom. The second-order valence-corrected chi connectivity index (χ2v) is 33.8. The number of pyridine rings is 2. The topological polar surface area (TPSA) is 34.6 Å². The molecule has 4 heterocycles. The van der Waals surface area contributed by atoms with Crippen LogP contribution in [0.1, 0.15) is 74.9 Å². The van der Waals surface area contributed by atoms with Crippen molar-refractivity contribution in [2.24, 2.45) is 0 Å². The molecule has 3 aliphatic carbocycles. The van der Waals surface area contributed by atoms with Gasteiger partial charge in [0, 0.05) is 50.9 Å². The average Bonchev–Trinajstić information content (AvgIpc) is 1.64. The van der Waals surface area contributed by atoms with E-state index in [1.54, 1.807) is 0 Å². The Balaban J connectivity index is 0.000000138. The summed E-state index contributed by atoms with van der Waals surface area (Å²) < 4.78 is 4.41. The summed E-state index contributed by atoms with van der Waals surface area (Å²) in [5, 5.41) is 15.2. The maximum atomic E-state index is 5.19. The Morgan fingerprint density at radius 2 is 0.530 bits per heavy atom. The van der Waals surface area contributed by atoms with Crippen LogP contribution in [0, 0.1) is 0 Å². The molecule has 0 aliphatic heterocycles. The summed E-state index contributed by atoms with van der Waals surface area (Å²) in [5.74, 6) is 0. The Hall–Kier alpha value is -14.3. The largest absolute Gasteiger partial charge is 0.299 e. The molecule has 0 bridgehead atoms. The third kappa shape index (κ3) is 10.3. The van der Waals surface area contributed by atoms with E-state index in [1.165, 1.54) is 176 Å². The van der Waals surface area contributed by atoms with Crippen LogP contribution in [0.5, 0.6) is 0 Å².